The van der Waals surface area contributed by atoms with Crippen molar-refractivity contribution in [2.24, 2.45) is 0 Å². The number of halogens is 2. The monoisotopic (exact) mass is 286 g/mol. The van der Waals surface area contributed by atoms with Gasteiger partial charge in [-0.2, -0.15) is 0 Å². The molecule has 19 heavy (non-hydrogen) atoms. The molecular formula is C13H16ClFN2O2. The molecule has 0 spiro atoms. The molecule has 0 bridgehead atoms. The molecule has 1 aromatic rings. The summed E-state index contributed by atoms with van der Waals surface area (Å²) in [7, 11) is 0. The second kappa shape index (κ2) is 6.21. The van der Waals surface area contributed by atoms with E-state index in [0.29, 0.717) is 11.6 Å². The molecule has 0 atom stereocenters. The van der Waals surface area contributed by atoms with E-state index in [1.165, 1.54) is 12.1 Å². The summed E-state index contributed by atoms with van der Waals surface area (Å²) in [5, 5.41) is 9.06. The summed E-state index contributed by atoms with van der Waals surface area (Å²) in [5.41, 5.74) is 0.834. The van der Waals surface area contributed by atoms with Gasteiger partial charge in [0.1, 0.15) is 5.82 Å². The second-order valence-corrected chi connectivity index (χ2v) is 4.98. The molecule has 1 fully saturated rings. The summed E-state index contributed by atoms with van der Waals surface area (Å²) in [6, 6.07) is 4.40. The number of nitrogens with zero attached hydrogens (tertiary/aromatic N) is 2. The highest BCUT2D eigenvalue weighted by atomic mass is 35.5. The molecular weight excluding hydrogens is 271 g/mol. The van der Waals surface area contributed by atoms with Crippen LogP contribution in [0.1, 0.15) is 6.42 Å². The van der Waals surface area contributed by atoms with Crippen LogP contribution in [0.25, 0.3) is 0 Å². The van der Waals surface area contributed by atoms with Gasteiger partial charge >= 0.3 is 5.97 Å². The normalized spacial score (nSPS) is 16.6. The van der Waals surface area contributed by atoms with Crippen molar-refractivity contribution in [2.75, 3.05) is 37.6 Å². The molecule has 1 aliphatic rings. The summed E-state index contributed by atoms with van der Waals surface area (Å²) < 4.78 is 13.0. The molecule has 4 nitrogen and oxygen atoms in total. The van der Waals surface area contributed by atoms with Gasteiger partial charge in [0.25, 0.3) is 0 Å². The fourth-order valence-electron chi connectivity index (χ4n) is 2.20. The minimum absolute atomic E-state index is 0.164. The van der Waals surface area contributed by atoms with Gasteiger partial charge in [-0.1, -0.05) is 11.6 Å². The summed E-state index contributed by atoms with van der Waals surface area (Å²) in [6.07, 6.45) is 0.164. The smallest absolute Gasteiger partial charge is 0.304 e. The van der Waals surface area contributed by atoms with Crippen molar-refractivity contribution in [1.29, 1.82) is 0 Å². The van der Waals surface area contributed by atoms with Gasteiger partial charge in [0.05, 0.1) is 17.1 Å². The molecule has 0 amide bonds. The molecule has 1 heterocycles. The van der Waals surface area contributed by atoms with Crippen molar-refractivity contribution in [1.82, 2.24) is 4.90 Å². The van der Waals surface area contributed by atoms with Crippen LogP contribution in [0.5, 0.6) is 0 Å². The molecule has 6 heteroatoms. The van der Waals surface area contributed by atoms with E-state index in [2.05, 4.69) is 9.80 Å². The number of piperazine rings is 1. The third kappa shape index (κ3) is 3.81. The summed E-state index contributed by atoms with van der Waals surface area (Å²) in [6.45, 7) is 3.69. The highest BCUT2D eigenvalue weighted by molar-refractivity contribution is 6.33. The number of carboxylic acid groups (broad SMARTS) is 1. The van der Waals surface area contributed by atoms with Crippen LogP contribution < -0.4 is 4.90 Å². The van der Waals surface area contributed by atoms with Crippen molar-refractivity contribution in [3.8, 4) is 0 Å². The van der Waals surface area contributed by atoms with Gasteiger partial charge < -0.3 is 10.0 Å². The lowest BCUT2D eigenvalue weighted by atomic mass is 10.2. The minimum Gasteiger partial charge on any atom is -0.481 e. The number of anilines is 1. The Labute approximate surface area is 116 Å². The lowest BCUT2D eigenvalue weighted by molar-refractivity contribution is -0.137. The molecule has 0 saturated carbocycles. The Hall–Kier alpha value is -1.33. The van der Waals surface area contributed by atoms with E-state index < -0.39 is 5.97 Å². The Bertz CT molecular complexity index is 462. The van der Waals surface area contributed by atoms with Gasteiger partial charge in [-0.05, 0) is 18.2 Å². The lowest BCUT2D eigenvalue weighted by Crippen LogP contribution is -2.47. The summed E-state index contributed by atoms with van der Waals surface area (Å²) in [5.74, 6) is -1.11. The van der Waals surface area contributed by atoms with Crippen molar-refractivity contribution < 1.29 is 14.3 Å². The molecule has 0 unspecified atom stereocenters. The van der Waals surface area contributed by atoms with Crippen LogP contribution in [0, 0.1) is 5.82 Å². The van der Waals surface area contributed by atoms with E-state index in [1.807, 2.05) is 0 Å². The zero-order valence-electron chi connectivity index (χ0n) is 10.5. The fraction of sp³-hybridized carbons (Fsp3) is 0.462. The second-order valence-electron chi connectivity index (χ2n) is 4.57. The number of rotatable bonds is 4. The highest BCUT2D eigenvalue weighted by Crippen LogP contribution is 2.27. The molecule has 104 valence electrons. The first kappa shape index (κ1) is 14.1. The van der Waals surface area contributed by atoms with Gasteiger partial charge in [-0.25, -0.2) is 4.39 Å². The number of carbonyl (C=O) groups is 1. The SMILES string of the molecule is O=C(O)CCN1CCN(c2ccc(F)cc2Cl)CC1. The predicted octanol–water partition coefficient (Wildman–Crippen LogP) is 2.08. The number of hydrogen-bond acceptors (Lipinski definition) is 3. The first-order valence-electron chi connectivity index (χ1n) is 6.20. The van der Waals surface area contributed by atoms with Crippen LogP contribution in [0.15, 0.2) is 18.2 Å². The highest BCUT2D eigenvalue weighted by Gasteiger charge is 2.19. The fourth-order valence-corrected chi connectivity index (χ4v) is 2.49. The first-order chi connectivity index (χ1) is 9.06. The van der Waals surface area contributed by atoms with Gasteiger partial charge in [0.2, 0.25) is 0 Å². The minimum atomic E-state index is -0.774. The van der Waals surface area contributed by atoms with E-state index >= 15 is 0 Å². The molecule has 1 N–H and O–H groups in total. The quantitative estimate of drug-likeness (QED) is 0.920. The van der Waals surface area contributed by atoms with Gasteiger partial charge in [-0.3, -0.25) is 9.69 Å². The van der Waals surface area contributed by atoms with Crippen molar-refractivity contribution in [2.45, 2.75) is 6.42 Å². The van der Waals surface area contributed by atoms with E-state index in [-0.39, 0.29) is 12.2 Å². The van der Waals surface area contributed by atoms with Crippen molar-refractivity contribution in [3.05, 3.63) is 29.0 Å². The van der Waals surface area contributed by atoms with Crippen molar-refractivity contribution >= 4 is 23.3 Å². The average Bonchev–Trinajstić information content (AvgIpc) is 2.37. The van der Waals surface area contributed by atoms with E-state index in [1.54, 1.807) is 6.07 Å². The average molecular weight is 287 g/mol. The maximum atomic E-state index is 13.0. The van der Waals surface area contributed by atoms with Crippen LogP contribution >= 0.6 is 11.6 Å². The summed E-state index contributed by atoms with van der Waals surface area (Å²) >= 11 is 6.03. The van der Waals surface area contributed by atoms with Gasteiger partial charge in [-0.15, -0.1) is 0 Å². The molecule has 0 radical (unpaired) electrons. The van der Waals surface area contributed by atoms with E-state index in [0.717, 1.165) is 31.9 Å². The Balaban J connectivity index is 1.90. The summed E-state index contributed by atoms with van der Waals surface area (Å²) in [4.78, 5) is 14.7. The third-order valence-corrected chi connectivity index (χ3v) is 3.57. The predicted molar refractivity (Wildman–Crippen MR) is 72.3 cm³/mol. The molecule has 1 aromatic carbocycles. The Morgan fingerprint density at radius 2 is 2.00 bits per heavy atom. The third-order valence-electron chi connectivity index (χ3n) is 3.26. The molecule has 1 aliphatic heterocycles. The standard InChI is InChI=1S/C13H16ClFN2O2/c14-11-9-10(15)1-2-12(11)17-7-5-16(6-8-17)4-3-13(18)19/h1-2,9H,3-8H2,(H,18,19). The Morgan fingerprint density at radius 3 is 2.58 bits per heavy atom. The largest absolute Gasteiger partial charge is 0.481 e. The zero-order valence-corrected chi connectivity index (χ0v) is 11.2. The molecule has 0 aliphatic carbocycles. The number of carboxylic acids is 1. The van der Waals surface area contributed by atoms with E-state index in [4.69, 9.17) is 16.7 Å². The van der Waals surface area contributed by atoms with E-state index in [9.17, 15) is 9.18 Å². The maximum absolute atomic E-state index is 13.0. The number of hydrogen-bond donors (Lipinski definition) is 1. The van der Waals surface area contributed by atoms with Gasteiger partial charge in [0.15, 0.2) is 0 Å². The number of benzene rings is 1. The van der Waals surface area contributed by atoms with Crippen LogP contribution in [0.3, 0.4) is 0 Å². The van der Waals surface area contributed by atoms with Crippen LogP contribution in [0.2, 0.25) is 5.02 Å². The van der Waals surface area contributed by atoms with Crippen molar-refractivity contribution in [3.63, 3.8) is 0 Å². The Morgan fingerprint density at radius 1 is 1.32 bits per heavy atom. The van der Waals surface area contributed by atoms with Crippen LogP contribution in [-0.4, -0.2) is 48.7 Å². The van der Waals surface area contributed by atoms with Crippen LogP contribution in [-0.2, 0) is 4.79 Å². The molecule has 0 aromatic heterocycles. The maximum Gasteiger partial charge on any atom is 0.304 e. The number of aliphatic carboxylic acids is 1. The molecule has 1 saturated heterocycles. The van der Waals surface area contributed by atoms with Gasteiger partial charge in [0, 0.05) is 32.7 Å². The van der Waals surface area contributed by atoms with Crippen LogP contribution in [0.4, 0.5) is 10.1 Å². The first-order valence-corrected chi connectivity index (χ1v) is 6.58. The Kier molecular flexibility index (Phi) is 4.61. The topological polar surface area (TPSA) is 43.8 Å². The zero-order chi connectivity index (χ0) is 13.8. The molecule has 2 rings (SSSR count). The lowest BCUT2D eigenvalue weighted by Gasteiger charge is -2.36.